The number of amides is 1. The Balaban J connectivity index is 1.51. The highest BCUT2D eigenvalue weighted by Crippen LogP contribution is 2.22. The molecule has 1 amide bonds. The Morgan fingerprint density at radius 3 is 2.56 bits per heavy atom. The topological polar surface area (TPSA) is 109 Å². The van der Waals surface area contributed by atoms with Crippen molar-refractivity contribution in [1.29, 1.82) is 0 Å². The number of hydrogen-bond donors (Lipinski definition) is 3. The number of rotatable bonds is 6. The van der Waals surface area contributed by atoms with Gasteiger partial charge in [-0.1, -0.05) is 31.2 Å². The molecule has 2 unspecified atom stereocenters. The molecule has 3 N–H and O–H groups in total. The minimum atomic E-state index is -0.465. The molecule has 2 aromatic rings. The second kappa shape index (κ2) is 8.52. The number of hydrazone groups is 1. The van der Waals surface area contributed by atoms with Gasteiger partial charge in [0, 0.05) is 18.2 Å². The van der Waals surface area contributed by atoms with Crippen LogP contribution in [0.3, 0.4) is 0 Å². The molecule has 1 heterocycles. The highest BCUT2D eigenvalue weighted by atomic mass is 16.6. The smallest absolute Gasteiger partial charge is 0.269 e. The lowest BCUT2D eigenvalue weighted by atomic mass is 10.00. The van der Waals surface area contributed by atoms with Gasteiger partial charge in [-0.05, 0) is 41.7 Å². The van der Waals surface area contributed by atoms with Crippen molar-refractivity contribution in [3.8, 4) is 0 Å². The Morgan fingerprint density at radius 1 is 1.22 bits per heavy atom. The van der Waals surface area contributed by atoms with Crippen LogP contribution in [0.15, 0.2) is 53.6 Å². The van der Waals surface area contributed by atoms with Gasteiger partial charge in [0.1, 0.15) is 6.04 Å². The van der Waals surface area contributed by atoms with E-state index in [9.17, 15) is 14.9 Å². The van der Waals surface area contributed by atoms with E-state index >= 15 is 0 Å². The normalized spacial score (nSPS) is 19.3. The summed E-state index contributed by atoms with van der Waals surface area (Å²) in [6.07, 6.45) is 3.06. The maximum Gasteiger partial charge on any atom is 0.269 e. The molecule has 140 valence electrons. The van der Waals surface area contributed by atoms with Crippen molar-refractivity contribution in [3.05, 3.63) is 75.3 Å². The summed E-state index contributed by atoms with van der Waals surface area (Å²) in [6.45, 7) is 2.11. The van der Waals surface area contributed by atoms with Gasteiger partial charge in [-0.25, -0.2) is 16.3 Å². The molecule has 1 aliphatic heterocycles. The van der Waals surface area contributed by atoms with Crippen LogP contribution in [0.2, 0.25) is 0 Å². The van der Waals surface area contributed by atoms with Crippen molar-refractivity contribution < 1.29 is 9.72 Å². The number of aryl methyl sites for hydroxylation is 1. The standard InChI is InChI=1S/C19H21N5O3/c1-2-13-3-7-15(8-4-13)17-11-18(22-21-17)19(25)23-20-12-14-5-9-16(10-6-14)24(26)27/h3-10,12,17-18,21-22H,2,11H2,1H3,(H,23,25)/b20-12+. The van der Waals surface area contributed by atoms with E-state index < -0.39 is 11.0 Å². The Hall–Kier alpha value is -3.10. The van der Waals surface area contributed by atoms with E-state index in [4.69, 9.17) is 0 Å². The van der Waals surface area contributed by atoms with E-state index in [-0.39, 0.29) is 17.6 Å². The van der Waals surface area contributed by atoms with Crippen LogP contribution in [0.1, 0.15) is 36.1 Å². The summed E-state index contributed by atoms with van der Waals surface area (Å²) in [4.78, 5) is 22.4. The number of nitrogens with one attached hydrogen (secondary N) is 3. The third kappa shape index (κ3) is 4.75. The zero-order valence-electron chi connectivity index (χ0n) is 14.9. The number of hydrogen-bond acceptors (Lipinski definition) is 6. The Bertz CT molecular complexity index is 833. The van der Waals surface area contributed by atoms with Crippen molar-refractivity contribution in [2.45, 2.75) is 31.8 Å². The molecule has 8 nitrogen and oxygen atoms in total. The minimum Gasteiger partial charge on any atom is -0.271 e. The van der Waals surface area contributed by atoms with Gasteiger partial charge in [-0.15, -0.1) is 0 Å². The molecule has 1 fully saturated rings. The van der Waals surface area contributed by atoms with Crippen molar-refractivity contribution in [3.63, 3.8) is 0 Å². The first-order chi connectivity index (χ1) is 13.1. The van der Waals surface area contributed by atoms with Crippen LogP contribution in [0.5, 0.6) is 0 Å². The summed E-state index contributed by atoms with van der Waals surface area (Å²) in [5.41, 5.74) is 11.7. The summed E-state index contributed by atoms with van der Waals surface area (Å²) in [5, 5.41) is 14.5. The van der Waals surface area contributed by atoms with Crippen LogP contribution >= 0.6 is 0 Å². The minimum absolute atomic E-state index is 0.00965. The van der Waals surface area contributed by atoms with Crippen molar-refractivity contribution in [2.75, 3.05) is 0 Å². The predicted molar refractivity (Wildman–Crippen MR) is 102 cm³/mol. The monoisotopic (exact) mass is 367 g/mol. The fourth-order valence-electron chi connectivity index (χ4n) is 2.86. The number of nitro groups is 1. The van der Waals surface area contributed by atoms with E-state index in [0.717, 1.165) is 12.0 Å². The second-order valence-electron chi connectivity index (χ2n) is 6.31. The van der Waals surface area contributed by atoms with Crippen LogP contribution in [0.25, 0.3) is 0 Å². The molecule has 0 spiro atoms. The average molecular weight is 367 g/mol. The van der Waals surface area contributed by atoms with Gasteiger partial charge in [0.15, 0.2) is 0 Å². The summed E-state index contributed by atoms with van der Waals surface area (Å²) < 4.78 is 0. The largest absolute Gasteiger partial charge is 0.271 e. The molecule has 0 aliphatic carbocycles. The summed E-state index contributed by atoms with van der Waals surface area (Å²) in [6, 6.07) is 13.9. The number of non-ortho nitro benzene ring substituents is 1. The molecule has 0 radical (unpaired) electrons. The zero-order chi connectivity index (χ0) is 19.2. The number of nitrogens with zero attached hydrogens (tertiary/aromatic N) is 2. The molecule has 2 atom stereocenters. The highest BCUT2D eigenvalue weighted by Gasteiger charge is 2.29. The molecule has 0 bridgehead atoms. The van der Waals surface area contributed by atoms with Gasteiger partial charge < -0.3 is 0 Å². The highest BCUT2D eigenvalue weighted by molar-refractivity contribution is 5.85. The van der Waals surface area contributed by atoms with Gasteiger partial charge in [0.2, 0.25) is 0 Å². The molecule has 3 rings (SSSR count). The SMILES string of the molecule is CCc1ccc(C2CC(C(=O)N/N=C/c3ccc([N+](=O)[O-])cc3)NN2)cc1. The van der Waals surface area contributed by atoms with E-state index in [2.05, 4.69) is 52.6 Å². The van der Waals surface area contributed by atoms with Gasteiger partial charge in [-0.3, -0.25) is 14.9 Å². The first kappa shape index (κ1) is 18.7. The van der Waals surface area contributed by atoms with Crippen LogP contribution in [0.4, 0.5) is 5.69 Å². The summed E-state index contributed by atoms with van der Waals surface area (Å²) in [7, 11) is 0. The summed E-state index contributed by atoms with van der Waals surface area (Å²) in [5.74, 6) is -0.242. The van der Waals surface area contributed by atoms with Crippen LogP contribution in [-0.2, 0) is 11.2 Å². The van der Waals surface area contributed by atoms with E-state index in [1.807, 2.05) is 0 Å². The van der Waals surface area contributed by atoms with Crippen LogP contribution in [0, 0.1) is 10.1 Å². The summed E-state index contributed by atoms with van der Waals surface area (Å²) >= 11 is 0. The lowest BCUT2D eigenvalue weighted by molar-refractivity contribution is -0.384. The molecule has 27 heavy (non-hydrogen) atoms. The van der Waals surface area contributed by atoms with Crippen molar-refractivity contribution in [2.24, 2.45) is 5.10 Å². The molecule has 1 aliphatic rings. The Labute approximate surface area is 156 Å². The lowest BCUT2D eigenvalue weighted by Crippen LogP contribution is -2.41. The van der Waals surface area contributed by atoms with Gasteiger partial charge in [-0.2, -0.15) is 5.10 Å². The third-order valence-corrected chi connectivity index (χ3v) is 4.50. The van der Waals surface area contributed by atoms with E-state index in [1.54, 1.807) is 12.1 Å². The van der Waals surface area contributed by atoms with Crippen LogP contribution in [-0.4, -0.2) is 23.1 Å². The van der Waals surface area contributed by atoms with Gasteiger partial charge in [0.25, 0.3) is 11.6 Å². The Kier molecular flexibility index (Phi) is 5.90. The van der Waals surface area contributed by atoms with Gasteiger partial charge >= 0.3 is 0 Å². The molecule has 0 saturated carbocycles. The maximum atomic E-state index is 12.2. The zero-order valence-corrected chi connectivity index (χ0v) is 14.9. The second-order valence-corrected chi connectivity index (χ2v) is 6.31. The average Bonchev–Trinajstić information content (AvgIpc) is 3.19. The quantitative estimate of drug-likeness (QED) is 0.412. The molecule has 0 aromatic heterocycles. The molecule has 1 saturated heterocycles. The van der Waals surface area contributed by atoms with E-state index in [0.29, 0.717) is 12.0 Å². The number of nitro benzene ring substituents is 1. The maximum absolute atomic E-state index is 12.2. The van der Waals surface area contributed by atoms with Crippen molar-refractivity contribution >= 4 is 17.8 Å². The number of benzene rings is 2. The predicted octanol–water partition coefficient (Wildman–Crippen LogP) is 2.22. The molecular weight excluding hydrogens is 346 g/mol. The third-order valence-electron chi connectivity index (χ3n) is 4.50. The Morgan fingerprint density at radius 2 is 1.93 bits per heavy atom. The number of carbonyl (C=O) groups excluding carboxylic acids is 1. The number of carbonyl (C=O) groups is 1. The molecular formula is C19H21N5O3. The fourth-order valence-corrected chi connectivity index (χ4v) is 2.86. The molecule has 2 aromatic carbocycles. The van der Waals surface area contributed by atoms with Crippen molar-refractivity contribution in [1.82, 2.24) is 16.3 Å². The van der Waals surface area contributed by atoms with Crippen LogP contribution < -0.4 is 16.3 Å². The number of hydrazine groups is 1. The first-order valence-electron chi connectivity index (χ1n) is 8.74. The molecule has 8 heteroatoms. The van der Waals surface area contributed by atoms with E-state index in [1.165, 1.54) is 23.9 Å². The first-order valence-corrected chi connectivity index (χ1v) is 8.74. The fraction of sp³-hybridized carbons (Fsp3) is 0.263. The lowest BCUT2D eigenvalue weighted by Gasteiger charge is -2.10. The van der Waals surface area contributed by atoms with Gasteiger partial charge in [0.05, 0.1) is 11.1 Å².